The quantitative estimate of drug-likeness (QED) is 0.870. The molecule has 2 rings (SSSR count). The molecule has 1 saturated heterocycles. The number of thioether (sulfide) groups is 1. The zero-order valence-corrected chi connectivity index (χ0v) is 11.1. The Kier molecular flexibility index (Phi) is 3.73. The topological polar surface area (TPSA) is 58.4 Å². The molecule has 0 saturated carbocycles. The maximum Gasteiger partial charge on any atom is 0.240 e. The predicted molar refractivity (Wildman–Crippen MR) is 66.7 cm³/mol. The van der Waals surface area contributed by atoms with Crippen LogP contribution >= 0.6 is 11.8 Å². The van der Waals surface area contributed by atoms with Gasteiger partial charge in [0.05, 0.1) is 18.3 Å². The molecule has 0 bridgehead atoms. The molecule has 1 amide bonds. The minimum Gasteiger partial charge on any atom is -0.361 e. The summed E-state index contributed by atoms with van der Waals surface area (Å²) in [6, 6.07) is -0.0505. The Morgan fingerprint density at radius 3 is 2.94 bits per heavy atom. The highest BCUT2D eigenvalue weighted by molar-refractivity contribution is 7.99. The molecule has 0 radical (unpaired) electrons. The molecular weight excluding hydrogens is 238 g/mol. The third-order valence-electron chi connectivity index (χ3n) is 2.97. The van der Waals surface area contributed by atoms with E-state index in [1.165, 1.54) is 0 Å². The molecule has 5 nitrogen and oxygen atoms in total. The average Bonchev–Trinajstić information content (AvgIpc) is 2.93. The van der Waals surface area contributed by atoms with Crippen LogP contribution in [0, 0.1) is 13.8 Å². The highest BCUT2D eigenvalue weighted by Gasteiger charge is 2.26. The summed E-state index contributed by atoms with van der Waals surface area (Å²) in [6.45, 7) is 4.33. The molecule has 0 aromatic carbocycles. The van der Waals surface area contributed by atoms with Crippen LogP contribution in [0.15, 0.2) is 4.52 Å². The highest BCUT2D eigenvalue weighted by atomic mass is 32.2. The van der Waals surface area contributed by atoms with Crippen LogP contribution in [0.1, 0.15) is 17.0 Å². The molecule has 0 unspecified atom stereocenters. The molecule has 2 heterocycles. The van der Waals surface area contributed by atoms with Gasteiger partial charge < -0.3 is 9.42 Å². The van der Waals surface area contributed by atoms with Gasteiger partial charge in [-0.25, -0.2) is 0 Å². The summed E-state index contributed by atoms with van der Waals surface area (Å²) in [7, 11) is 1.82. The lowest BCUT2D eigenvalue weighted by molar-refractivity contribution is -0.131. The summed E-state index contributed by atoms with van der Waals surface area (Å²) in [4.78, 5) is 13.8. The van der Waals surface area contributed by atoms with E-state index in [9.17, 15) is 4.79 Å². The minimum atomic E-state index is -0.0505. The van der Waals surface area contributed by atoms with Crippen LogP contribution in [0.3, 0.4) is 0 Å². The fraction of sp³-hybridized carbons (Fsp3) is 0.636. The Balaban J connectivity index is 2.01. The lowest BCUT2D eigenvalue weighted by Crippen LogP contribution is -2.42. The van der Waals surface area contributed by atoms with Crippen LogP contribution in [0.5, 0.6) is 0 Å². The monoisotopic (exact) mass is 255 g/mol. The van der Waals surface area contributed by atoms with Crippen LogP contribution in [0.25, 0.3) is 0 Å². The van der Waals surface area contributed by atoms with E-state index >= 15 is 0 Å². The first-order valence-electron chi connectivity index (χ1n) is 5.57. The van der Waals surface area contributed by atoms with Crippen molar-refractivity contribution in [2.75, 3.05) is 18.7 Å². The van der Waals surface area contributed by atoms with E-state index < -0.39 is 0 Å². The third-order valence-corrected chi connectivity index (χ3v) is 3.91. The molecular formula is C11H17N3O2S. The van der Waals surface area contributed by atoms with Crippen LogP contribution < -0.4 is 5.32 Å². The molecule has 1 fully saturated rings. The molecule has 1 atom stereocenters. The molecule has 0 spiro atoms. The van der Waals surface area contributed by atoms with Gasteiger partial charge in [0.2, 0.25) is 5.91 Å². The van der Waals surface area contributed by atoms with Crippen molar-refractivity contribution in [2.24, 2.45) is 0 Å². The van der Waals surface area contributed by atoms with Crippen molar-refractivity contribution in [3.63, 3.8) is 0 Å². The van der Waals surface area contributed by atoms with Gasteiger partial charge in [0.25, 0.3) is 0 Å². The molecule has 6 heteroatoms. The fourth-order valence-corrected chi connectivity index (χ4v) is 2.80. The second-order valence-electron chi connectivity index (χ2n) is 4.27. The first kappa shape index (κ1) is 12.4. The molecule has 1 aliphatic heterocycles. The number of aryl methyl sites for hydroxylation is 2. The molecule has 94 valence electrons. The van der Waals surface area contributed by atoms with E-state index in [-0.39, 0.29) is 11.9 Å². The van der Waals surface area contributed by atoms with Gasteiger partial charge in [-0.05, 0) is 13.8 Å². The molecule has 1 aromatic rings. The van der Waals surface area contributed by atoms with Crippen LogP contribution in [-0.4, -0.2) is 40.7 Å². The number of nitrogens with one attached hydrogen (secondary N) is 1. The van der Waals surface area contributed by atoms with Gasteiger partial charge in [-0.3, -0.25) is 10.1 Å². The number of nitrogens with zero attached hydrogens (tertiary/aromatic N) is 2. The van der Waals surface area contributed by atoms with Gasteiger partial charge >= 0.3 is 0 Å². The largest absolute Gasteiger partial charge is 0.361 e. The molecule has 17 heavy (non-hydrogen) atoms. The van der Waals surface area contributed by atoms with Gasteiger partial charge in [0.15, 0.2) is 0 Å². The number of amides is 1. The van der Waals surface area contributed by atoms with Crippen molar-refractivity contribution in [3.8, 4) is 0 Å². The van der Waals surface area contributed by atoms with Crippen molar-refractivity contribution in [1.29, 1.82) is 0 Å². The Morgan fingerprint density at radius 2 is 2.41 bits per heavy atom. The van der Waals surface area contributed by atoms with Crippen molar-refractivity contribution < 1.29 is 9.32 Å². The van der Waals surface area contributed by atoms with E-state index in [2.05, 4.69) is 10.5 Å². The number of hydrogen-bond donors (Lipinski definition) is 1. The van der Waals surface area contributed by atoms with E-state index in [0.29, 0.717) is 6.54 Å². The van der Waals surface area contributed by atoms with Gasteiger partial charge in [0.1, 0.15) is 5.76 Å². The Labute approximate surface area is 105 Å². The maximum absolute atomic E-state index is 12.1. The number of hydrogen-bond acceptors (Lipinski definition) is 5. The van der Waals surface area contributed by atoms with Crippen molar-refractivity contribution in [3.05, 3.63) is 17.0 Å². The fourth-order valence-electron chi connectivity index (χ4n) is 1.86. The van der Waals surface area contributed by atoms with Gasteiger partial charge in [-0.1, -0.05) is 5.16 Å². The van der Waals surface area contributed by atoms with Crippen molar-refractivity contribution in [2.45, 2.75) is 26.4 Å². The van der Waals surface area contributed by atoms with Gasteiger partial charge in [-0.15, -0.1) is 11.8 Å². The van der Waals surface area contributed by atoms with Gasteiger partial charge in [0, 0.05) is 24.2 Å². The molecule has 1 aromatic heterocycles. The second kappa shape index (κ2) is 5.10. The van der Waals surface area contributed by atoms with Crippen molar-refractivity contribution >= 4 is 17.7 Å². The summed E-state index contributed by atoms with van der Waals surface area (Å²) in [5, 5.41) is 7.07. The lowest BCUT2D eigenvalue weighted by atomic mass is 10.2. The van der Waals surface area contributed by atoms with Crippen LogP contribution in [0.2, 0.25) is 0 Å². The third kappa shape index (κ3) is 2.63. The standard InChI is InChI=1S/C11H17N3O2S/c1-7-9(8(2)16-13-7)4-14(3)11(15)10-5-17-6-12-10/h10,12H,4-6H2,1-3H3/t10-/m1/s1. The number of aromatic nitrogens is 1. The van der Waals surface area contributed by atoms with E-state index in [1.54, 1.807) is 16.7 Å². The Morgan fingerprint density at radius 1 is 1.65 bits per heavy atom. The zero-order chi connectivity index (χ0) is 12.4. The summed E-state index contributed by atoms with van der Waals surface area (Å²) in [5.74, 6) is 2.63. The number of likely N-dealkylation sites (N-methyl/N-ethyl adjacent to an activating group) is 1. The lowest BCUT2D eigenvalue weighted by Gasteiger charge is -2.20. The summed E-state index contributed by atoms with van der Waals surface area (Å²) in [5.41, 5.74) is 1.86. The minimum absolute atomic E-state index is 0.0505. The van der Waals surface area contributed by atoms with Crippen LogP contribution in [-0.2, 0) is 11.3 Å². The normalized spacial score (nSPS) is 19.6. The summed E-state index contributed by atoms with van der Waals surface area (Å²) in [6.07, 6.45) is 0. The summed E-state index contributed by atoms with van der Waals surface area (Å²) < 4.78 is 5.09. The van der Waals surface area contributed by atoms with E-state index in [1.807, 2.05) is 20.9 Å². The zero-order valence-electron chi connectivity index (χ0n) is 10.3. The first-order valence-corrected chi connectivity index (χ1v) is 6.73. The van der Waals surface area contributed by atoms with Gasteiger partial charge in [-0.2, -0.15) is 0 Å². The first-order chi connectivity index (χ1) is 8.09. The molecule has 0 aliphatic carbocycles. The Bertz CT molecular complexity index is 393. The second-order valence-corrected chi connectivity index (χ2v) is 5.30. The predicted octanol–water partition coefficient (Wildman–Crippen LogP) is 0.912. The van der Waals surface area contributed by atoms with Crippen molar-refractivity contribution in [1.82, 2.24) is 15.4 Å². The summed E-state index contributed by atoms with van der Waals surface area (Å²) >= 11 is 1.75. The smallest absolute Gasteiger partial charge is 0.240 e. The molecule has 1 aliphatic rings. The Hall–Kier alpha value is -1.01. The number of carbonyl (C=O) groups excluding carboxylic acids is 1. The van der Waals surface area contributed by atoms with E-state index in [4.69, 9.17) is 4.52 Å². The molecule has 1 N–H and O–H groups in total. The van der Waals surface area contributed by atoms with E-state index in [0.717, 1.165) is 28.6 Å². The number of carbonyl (C=O) groups is 1. The average molecular weight is 255 g/mol. The highest BCUT2D eigenvalue weighted by Crippen LogP contribution is 2.16. The SMILES string of the molecule is Cc1noc(C)c1CN(C)C(=O)[C@H]1CSCN1. The number of rotatable bonds is 3. The van der Waals surface area contributed by atoms with Crippen LogP contribution in [0.4, 0.5) is 0 Å². The maximum atomic E-state index is 12.1.